The van der Waals surface area contributed by atoms with Crippen molar-refractivity contribution in [1.29, 1.82) is 0 Å². The van der Waals surface area contributed by atoms with E-state index in [9.17, 15) is 0 Å². The minimum Gasteiger partial charge on any atom is -0.380 e. The molecule has 1 saturated carbocycles. The molecule has 14 heavy (non-hydrogen) atoms. The van der Waals surface area contributed by atoms with Gasteiger partial charge in [0.15, 0.2) is 0 Å². The third kappa shape index (κ3) is 0.594. The molecule has 78 valence electrons. The van der Waals surface area contributed by atoms with E-state index in [1.165, 1.54) is 30.2 Å². The predicted molar refractivity (Wildman–Crippen MR) is 53.8 cm³/mol. The number of piperidine rings is 1. The lowest BCUT2D eigenvalue weighted by molar-refractivity contribution is -0.947. The Bertz CT molecular complexity index is 268. The SMILES string of the molecule is COC1C2CC3CC1C1CCC2[N+]31C. The van der Waals surface area contributed by atoms with Crippen molar-refractivity contribution in [3.63, 3.8) is 0 Å². The van der Waals surface area contributed by atoms with Gasteiger partial charge in [0.1, 0.15) is 0 Å². The van der Waals surface area contributed by atoms with Crippen LogP contribution in [-0.2, 0) is 4.74 Å². The van der Waals surface area contributed by atoms with Crippen molar-refractivity contribution in [2.75, 3.05) is 14.2 Å². The van der Waals surface area contributed by atoms with E-state index in [-0.39, 0.29) is 0 Å². The lowest BCUT2D eigenvalue weighted by Gasteiger charge is -2.43. The van der Waals surface area contributed by atoms with Crippen LogP contribution >= 0.6 is 0 Å². The Hall–Kier alpha value is -0.0800. The molecule has 0 radical (unpaired) electrons. The van der Waals surface area contributed by atoms with Gasteiger partial charge in [-0.25, -0.2) is 0 Å². The van der Waals surface area contributed by atoms with Crippen LogP contribution in [0.1, 0.15) is 25.7 Å². The number of quaternary nitrogens is 1. The maximum absolute atomic E-state index is 5.79. The van der Waals surface area contributed by atoms with Gasteiger partial charge in [0, 0.05) is 44.6 Å². The third-order valence-electron chi connectivity index (χ3n) is 6.17. The first kappa shape index (κ1) is 8.12. The van der Waals surface area contributed by atoms with Crippen LogP contribution in [0, 0.1) is 11.8 Å². The summed E-state index contributed by atoms with van der Waals surface area (Å²) in [5.41, 5.74) is 0. The number of hydrogen-bond acceptors (Lipinski definition) is 1. The van der Waals surface area contributed by atoms with Crippen LogP contribution in [0.5, 0.6) is 0 Å². The van der Waals surface area contributed by atoms with E-state index in [0.717, 1.165) is 30.0 Å². The number of nitrogens with zero attached hydrogens (tertiary/aromatic N) is 1. The van der Waals surface area contributed by atoms with E-state index in [1.54, 1.807) is 0 Å². The molecule has 5 rings (SSSR count). The highest BCUT2D eigenvalue weighted by atomic mass is 16.5. The van der Waals surface area contributed by atoms with Gasteiger partial charge in [-0.1, -0.05) is 0 Å². The average Bonchev–Trinajstić information content (AvgIpc) is 2.67. The molecule has 2 heteroatoms. The van der Waals surface area contributed by atoms with Gasteiger partial charge in [-0.2, -0.15) is 0 Å². The summed E-state index contributed by atoms with van der Waals surface area (Å²) in [6, 6.07) is 2.94. The number of methoxy groups -OCH3 is 1. The molecule has 0 N–H and O–H groups in total. The summed E-state index contributed by atoms with van der Waals surface area (Å²) < 4.78 is 7.24. The highest BCUT2D eigenvalue weighted by Gasteiger charge is 2.73. The monoisotopic (exact) mass is 194 g/mol. The molecule has 0 spiro atoms. The van der Waals surface area contributed by atoms with Gasteiger partial charge in [0.05, 0.1) is 31.3 Å². The minimum absolute atomic E-state index is 0.623. The lowest BCUT2D eigenvalue weighted by atomic mass is 9.76. The summed E-state index contributed by atoms with van der Waals surface area (Å²) in [6.07, 6.45) is 6.52. The highest BCUT2D eigenvalue weighted by Crippen LogP contribution is 2.63. The first-order valence-corrected chi connectivity index (χ1v) is 6.15. The summed E-state index contributed by atoms with van der Waals surface area (Å²) in [4.78, 5) is 0. The second-order valence-electron chi connectivity index (χ2n) is 6.09. The van der Waals surface area contributed by atoms with Crippen molar-refractivity contribution in [3.8, 4) is 0 Å². The smallest absolute Gasteiger partial charge is 0.0950 e. The second kappa shape index (κ2) is 2.19. The van der Waals surface area contributed by atoms with Crippen molar-refractivity contribution in [2.24, 2.45) is 11.8 Å². The third-order valence-corrected chi connectivity index (χ3v) is 6.17. The molecule has 6 bridgehead atoms. The zero-order valence-electron chi connectivity index (χ0n) is 9.15. The second-order valence-corrected chi connectivity index (χ2v) is 6.09. The Kier molecular flexibility index (Phi) is 1.27. The molecule has 4 aliphatic heterocycles. The van der Waals surface area contributed by atoms with Crippen LogP contribution in [0.3, 0.4) is 0 Å². The normalized spacial score (nSPS) is 68.1. The zero-order valence-corrected chi connectivity index (χ0v) is 9.15. The van der Waals surface area contributed by atoms with Crippen LogP contribution < -0.4 is 0 Å². The van der Waals surface area contributed by atoms with Gasteiger partial charge in [-0.05, 0) is 0 Å². The molecule has 4 unspecified atom stereocenters. The molecular weight excluding hydrogens is 174 g/mol. The van der Waals surface area contributed by atoms with Gasteiger partial charge in [0.25, 0.3) is 0 Å². The summed E-state index contributed by atoms with van der Waals surface area (Å²) >= 11 is 0. The van der Waals surface area contributed by atoms with E-state index in [2.05, 4.69) is 7.05 Å². The Morgan fingerprint density at radius 2 is 1.64 bits per heavy atom. The Morgan fingerprint density at radius 1 is 1.07 bits per heavy atom. The first-order valence-electron chi connectivity index (χ1n) is 6.15. The Morgan fingerprint density at radius 3 is 2.14 bits per heavy atom. The summed E-state index contributed by atoms with van der Waals surface area (Å²) in [6.45, 7) is 0. The molecule has 4 atom stereocenters. The lowest BCUT2D eigenvalue weighted by Crippen LogP contribution is -2.57. The molecule has 2 nitrogen and oxygen atoms in total. The highest BCUT2D eigenvalue weighted by molar-refractivity contribution is 5.09. The van der Waals surface area contributed by atoms with Crippen molar-refractivity contribution < 1.29 is 9.22 Å². The fraction of sp³-hybridized carbons (Fsp3) is 1.00. The van der Waals surface area contributed by atoms with Gasteiger partial charge in [-0.15, -0.1) is 0 Å². The molecule has 4 saturated heterocycles. The maximum Gasteiger partial charge on any atom is 0.0950 e. The zero-order chi connectivity index (χ0) is 9.50. The van der Waals surface area contributed by atoms with Gasteiger partial charge in [0.2, 0.25) is 0 Å². The van der Waals surface area contributed by atoms with E-state index in [1.807, 2.05) is 7.11 Å². The van der Waals surface area contributed by atoms with Crippen molar-refractivity contribution in [3.05, 3.63) is 0 Å². The van der Waals surface area contributed by atoms with Gasteiger partial charge >= 0.3 is 0 Å². The number of rotatable bonds is 1. The largest absolute Gasteiger partial charge is 0.380 e. The fourth-order valence-electron chi connectivity index (χ4n) is 5.80. The summed E-state index contributed by atoms with van der Waals surface area (Å²) in [5, 5.41) is 0. The molecule has 0 aromatic carbocycles. The molecule has 1 aliphatic carbocycles. The minimum atomic E-state index is 0.623. The molecule has 4 heterocycles. The topological polar surface area (TPSA) is 9.23 Å². The van der Waals surface area contributed by atoms with Crippen LogP contribution in [0.25, 0.3) is 0 Å². The molecule has 5 aliphatic rings. The first-order chi connectivity index (χ1) is 6.76. The van der Waals surface area contributed by atoms with Crippen molar-refractivity contribution in [1.82, 2.24) is 0 Å². The van der Waals surface area contributed by atoms with Crippen molar-refractivity contribution in [2.45, 2.75) is 49.9 Å². The molecule has 0 amide bonds. The van der Waals surface area contributed by atoms with Gasteiger partial charge in [-0.3, -0.25) is 0 Å². The van der Waals surface area contributed by atoms with Crippen LogP contribution in [0.15, 0.2) is 0 Å². The molecule has 0 aromatic heterocycles. The summed E-state index contributed by atoms with van der Waals surface area (Å²) in [5.74, 6) is 1.82. The maximum atomic E-state index is 5.79. The number of hydrogen-bond donors (Lipinski definition) is 0. The van der Waals surface area contributed by atoms with E-state index < -0.39 is 0 Å². The molecule has 0 aromatic rings. The van der Waals surface area contributed by atoms with E-state index in [4.69, 9.17) is 4.74 Å². The number of ether oxygens (including phenoxy) is 1. The summed E-state index contributed by atoms with van der Waals surface area (Å²) in [7, 11) is 4.48. The van der Waals surface area contributed by atoms with Crippen LogP contribution in [-0.4, -0.2) is 42.9 Å². The van der Waals surface area contributed by atoms with E-state index >= 15 is 0 Å². The Labute approximate surface area is 85.8 Å². The van der Waals surface area contributed by atoms with Crippen molar-refractivity contribution >= 4 is 0 Å². The quantitative estimate of drug-likeness (QED) is 0.573. The molecule has 5 fully saturated rings. The van der Waals surface area contributed by atoms with Crippen LogP contribution in [0.4, 0.5) is 0 Å². The fourth-order valence-corrected chi connectivity index (χ4v) is 5.80. The van der Waals surface area contributed by atoms with E-state index in [0.29, 0.717) is 6.10 Å². The van der Waals surface area contributed by atoms with Gasteiger partial charge < -0.3 is 9.22 Å². The predicted octanol–water partition coefficient (Wildman–Crippen LogP) is 1.40. The standard InChI is InChI=1S/C12H20NO/c1-13-7-5-8-10(13)3-4-11(13)9(6-7)12(8)14-2/h7-12H,3-6H2,1-2H3/q+1. The molecular formula is C12H20NO+. The Balaban J connectivity index is 1.86. The van der Waals surface area contributed by atoms with Crippen LogP contribution in [0.2, 0.25) is 0 Å². The average molecular weight is 194 g/mol.